The van der Waals surface area contributed by atoms with Gasteiger partial charge in [0, 0.05) is 6.08 Å². The number of nitrogens with zero attached hydrogens (tertiary/aromatic N) is 1. The zero-order valence-corrected chi connectivity index (χ0v) is 5.52. The van der Waals surface area contributed by atoms with Crippen LogP contribution in [0.2, 0.25) is 0 Å². The van der Waals surface area contributed by atoms with Gasteiger partial charge in [-0.1, -0.05) is 24.3 Å². The maximum Gasteiger partial charge on any atom is 0.0905 e. The van der Waals surface area contributed by atoms with E-state index in [9.17, 15) is 0 Å². The molecule has 0 N–H and O–H groups in total. The molecule has 0 aliphatic carbocycles. The van der Waals surface area contributed by atoms with Crippen molar-refractivity contribution < 1.29 is 0 Å². The Bertz CT molecular complexity index is 95.6. The SMILES string of the molecule is C=CC#N.CC=CCl. The first-order valence-corrected chi connectivity index (χ1v) is 2.49. The maximum absolute atomic E-state index is 7.51. The Morgan fingerprint density at radius 1 is 1.75 bits per heavy atom. The molecule has 0 spiro atoms. The van der Waals surface area contributed by atoms with Crippen LogP contribution in [0.25, 0.3) is 0 Å². The summed E-state index contributed by atoms with van der Waals surface area (Å²) in [6.45, 7) is 4.99. The largest absolute Gasteiger partial charge is 0.193 e. The first-order valence-electron chi connectivity index (χ1n) is 2.05. The van der Waals surface area contributed by atoms with Crippen molar-refractivity contribution in [2.45, 2.75) is 6.92 Å². The highest BCUT2D eigenvalue weighted by Crippen LogP contribution is 1.70. The van der Waals surface area contributed by atoms with E-state index < -0.39 is 0 Å². The van der Waals surface area contributed by atoms with Gasteiger partial charge in [0.25, 0.3) is 0 Å². The number of hydrogen-bond acceptors (Lipinski definition) is 1. The van der Waals surface area contributed by atoms with Crippen LogP contribution in [0.5, 0.6) is 0 Å². The summed E-state index contributed by atoms with van der Waals surface area (Å²) in [4.78, 5) is 0. The van der Waals surface area contributed by atoms with Gasteiger partial charge in [-0.05, 0) is 12.5 Å². The summed E-state index contributed by atoms with van der Waals surface area (Å²) in [7, 11) is 0. The van der Waals surface area contributed by atoms with Gasteiger partial charge in [0.2, 0.25) is 0 Å². The van der Waals surface area contributed by atoms with Crippen LogP contribution in [-0.2, 0) is 0 Å². The van der Waals surface area contributed by atoms with Crippen LogP contribution in [0, 0.1) is 11.3 Å². The second-order valence-electron chi connectivity index (χ2n) is 0.793. The molecule has 2 heteroatoms. The van der Waals surface area contributed by atoms with Gasteiger partial charge < -0.3 is 0 Å². The van der Waals surface area contributed by atoms with E-state index in [0.29, 0.717) is 0 Å². The number of allylic oxidation sites excluding steroid dienone is 2. The lowest BCUT2D eigenvalue weighted by Gasteiger charge is -1.46. The van der Waals surface area contributed by atoms with E-state index in [0.717, 1.165) is 0 Å². The first kappa shape index (κ1) is 10.3. The monoisotopic (exact) mass is 129 g/mol. The van der Waals surface area contributed by atoms with E-state index in [1.165, 1.54) is 11.6 Å². The van der Waals surface area contributed by atoms with Crippen molar-refractivity contribution in [1.29, 1.82) is 5.26 Å². The topological polar surface area (TPSA) is 23.8 Å². The fourth-order valence-electron chi connectivity index (χ4n) is 0. The minimum Gasteiger partial charge on any atom is -0.193 e. The van der Waals surface area contributed by atoms with Crippen molar-refractivity contribution in [3.63, 3.8) is 0 Å². The van der Waals surface area contributed by atoms with E-state index in [4.69, 9.17) is 16.9 Å². The average molecular weight is 130 g/mol. The highest BCUT2D eigenvalue weighted by Gasteiger charge is 1.37. The molecule has 8 heavy (non-hydrogen) atoms. The molecule has 0 atom stereocenters. The van der Waals surface area contributed by atoms with Crippen LogP contribution in [-0.4, -0.2) is 0 Å². The van der Waals surface area contributed by atoms with Crippen molar-refractivity contribution in [2.24, 2.45) is 0 Å². The molecule has 0 aromatic carbocycles. The summed E-state index contributed by atoms with van der Waals surface area (Å²) in [5.74, 6) is 0. The van der Waals surface area contributed by atoms with Gasteiger partial charge in [-0.25, -0.2) is 0 Å². The summed E-state index contributed by atoms with van der Waals surface area (Å²) in [6.07, 6.45) is 2.95. The summed E-state index contributed by atoms with van der Waals surface area (Å²) < 4.78 is 0. The highest BCUT2D eigenvalue weighted by atomic mass is 35.5. The normalized spacial score (nSPS) is 6.62. The molecule has 44 valence electrons. The van der Waals surface area contributed by atoms with E-state index >= 15 is 0 Å². The molecule has 0 saturated heterocycles. The first-order chi connectivity index (χ1) is 3.83. The van der Waals surface area contributed by atoms with Crippen LogP contribution < -0.4 is 0 Å². The van der Waals surface area contributed by atoms with Crippen molar-refractivity contribution in [3.8, 4) is 6.07 Å². The van der Waals surface area contributed by atoms with Crippen molar-refractivity contribution in [2.75, 3.05) is 0 Å². The number of halogens is 1. The molecule has 1 nitrogen and oxygen atoms in total. The smallest absolute Gasteiger partial charge is 0.0905 e. The Morgan fingerprint density at radius 2 is 2.00 bits per heavy atom. The number of rotatable bonds is 0. The summed E-state index contributed by atoms with van der Waals surface area (Å²) in [5.41, 5.74) is 1.47. The van der Waals surface area contributed by atoms with Crippen LogP contribution in [0.15, 0.2) is 24.3 Å². The molecule has 0 bridgehead atoms. The van der Waals surface area contributed by atoms with Gasteiger partial charge in [0.15, 0.2) is 0 Å². The second-order valence-corrected chi connectivity index (χ2v) is 1.04. The van der Waals surface area contributed by atoms with Gasteiger partial charge in [-0.2, -0.15) is 5.26 Å². The Balaban J connectivity index is 0. The predicted octanol–water partition coefficient (Wildman–Crippen LogP) is 2.45. The van der Waals surface area contributed by atoms with Crippen molar-refractivity contribution in [1.82, 2.24) is 0 Å². The molecule has 0 rings (SSSR count). The summed E-state index contributed by atoms with van der Waals surface area (Å²) >= 11 is 5.01. The average Bonchev–Trinajstić information content (AvgIpc) is 1.88. The number of nitriles is 1. The van der Waals surface area contributed by atoms with E-state index in [-0.39, 0.29) is 0 Å². The molecule has 0 unspecified atom stereocenters. The fourth-order valence-corrected chi connectivity index (χ4v) is 0. The van der Waals surface area contributed by atoms with Crippen molar-refractivity contribution >= 4 is 11.6 Å². The number of hydrogen-bond donors (Lipinski definition) is 0. The van der Waals surface area contributed by atoms with Crippen LogP contribution >= 0.6 is 11.6 Å². The lowest BCUT2D eigenvalue weighted by molar-refractivity contribution is 1.54. The third-order valence-corrected chi connectivity index (χ3v) is 0.469. The van der Waals surface area contributed by atoms with Gasteiger partial charge >= 0.3 is 0 Å². The Labute approximate surface area is 54.9 Å². The lowest BCUT2D eigenvalue weighted by Crippen LogP contribution is -1.23. The van der Waals surface area contributed by atoms with Crippen molar-refractivity contribution in [3.05, 3.63) is 24.3 Å². The van der Waals surface area contributed by atoms with E-state index in [1.807, 2.05) is 6.92 Å². The Kier molecular flexibility index (Phi) is 20.9. The zero-order valence-electron chi connectivity index (χ0n) is 4.76. The quantitative estimate of drug-likeness (QED) is 0.461. The van der Waals surface area contributed by atoms with Gasteiger partial charge in [0.1, 0.15) is 0 Å². The maximum atomic E-state index is 7.51. The predicted molar refractivity (Wildman–Crippen MR) is 36.5 cm³/mol. The molecule has 0 amide bonds. The molecular weight excluding hydrogens is 122 g/mol. The molecule has 0 radical (unpaired) electrons. The highest BCUT2D eigenvalue weighted by molar-refractivity contribution is 6.25. The summed E-state index contributed by atoms with van der Waals surface area (Å²) in [5, 5.41) is 7.51. The van der Waals surface area contributed by atoms with Crippen LogP contribution in [0.3, 0.4) is 0 Å². The summed E-state index contributed by atoms with van der Waals surface area (Å²) in [6, 6.07) is 1.69. The van der Waals surface area contributed by atoms with E-state index in [2.05, 4.69) is 6.58 Å². The van der Waals surface area contributed by atoms with E-state index in [1.54, 1.807) is 12.1 Å². The molecule has 0 aliphatic rings. The molecular formula is C6H8ClN. The zero-order chi connectivity index (χ0) is 6.83. The lowest BCUT2D eigenvalue weighted by atomic mass is 10.8. The Morgan fingerprint density at radius 3 is 2.00 bits per heavy atom. The van der Waals surface area contributed by atoms with Gasteiger partial charge in [0.05, 0.1) is 6.07 Å². The Hall–Kier alpha value is -0.740. The molecule has 0 aliphatic heterocycles. The minimum atomic E-state index is 1.18. The van der Waals surface area contributed by atoms with Gasteiger partial charge in [-0.3, -0.25) is 0 Å². The second kappa shape index (κ2) is 16.3. The third kappa shape index (κ3) is 60.1. The fraction of sp³-hybridized carbons (Fsp3) is 0.167. The van der Waals surface area contributed by atoms with Crippen LogP contribution in [0.1, 0.15) is 6.92 Å². The minimum absolute atomic E-state index is 1.18. The molecule has 0 aromatic heterocycles. The molecule has 0 aromatic rings. The molecule has 0 fully saturated rings. The third-order valence-electron chi connectivity index (χ3n) is 0.217. The molecule has 0 saturated carbocycles. The van der Waals surface area contributed by atoms with Crippen LogP contribution in [0.4, 0.5) is 0 Å². The molecule has 0 heterocycles. The standard InChI is InChI=1S/C3H5Cl.C3H3N/c2*1-2-3-4/h2-3H,1H3;2H,1H2. The van der Waals surface area contributed by atoms with Gasteiger partial charge in [-0.15, -0.1) is 0 Å².